The standard InChI is InChI=1S/C18H20ClNO5/c1-3-24-16-9-12(10-21)8-15(19)18(16)25-11-17(22)20-13-4-6-14(23-2)7-5-13/h4-9,21H,3,10-11H2,1-2H3,(H,20,22). The van der Waals surface area contributed by atoms with Crippen molar-refractivity contribution in [3.63, 3.8) is 0 Å². The predicted octanol–water partition coefficient (Wildman–Crippen LogP) is 3.26. The molecule has 0 radical (unpaired) electrons. The lowest BCUT2D eigenvalue weighted by Gasteiger charge is -2.14. The van der Waals surface area contributed by atoms with E-state index in [1.807, 2.05) is 6.92 Å². The van der Waals surface area contributed by atoms with Crippen LogP contribution in [0, 0.1) is 0 Å². The van der Waals surface area contributed by atoms with Crippen LogP contribution in [0.5, 0.6) is 17.2 Å². The van der Waals surface area contributed by atoms with Crippen LogP contribution in [0.4, 0.5) is 5.69 Å². The van der Waals surface area contributed by atoms with E-state index in [-0.39, 0.29) is 29.9 Å². The summed E-state index contributed by atoms with van der Waals surface area (Å²) in [6.45, 7) is 1.82. The number of methoxy groups -OCH3 is 1. The van der Waals surface area contributed by atoms with Crippen LogP contribution in [0.25, 0.3) is 0 Å². The summed E-state index contributed by atoms with van der Waals surface area (Å²) in [6, 6.07) is 10.1. The lowest BCUT2D eigenvalue weighted by Crippen LogP contribution is -2.20. The summed E-state index contributed by atoms with van der Waals surface area (Å²) in [7, 11) is 1.57. The average Bonchev–Trinajstić information content (AvgIpc) is 2.61. The topological polar surface area (TPSA) is 77.0 Å². The van der Waals surface area contributed by atoms with Crippen molar-refractivity contribution >= 4 is 23.2 Å². The van der Waals surface area contributed by atoms with Gasteiger partial charge in [-0.3, -0.25) is 4.79 Å². The van der Waals surface area contributed by atoms with E-state index in [4.69, 9.17) is 25.8 Å². The second-order valence-corrected chi connectivity index (χ2v) is 5.47. The number of hydrogen-bond acceptors (Lipinski definition) is 5. The highest BCUT2D eigenvalue weighted by Gasteiger charge is 2.14. The Balaban J connectivity index is 2.02. The maximum absolute atomic E-state index is 12.1. The van der Waals surface area contributed by atoms with Crippen LogP contribution < -0.4 is 19.5 Å². The summed E-state index contributed by atoms with van der Waals surface area (Å²) in [6.07, 6.45) is 0. The van der Waals surface area contributed by atoms with Gasteiger partial charge in [-0.1, -0.05) is 11.6 Å². The molecule has 0 saturated heterocycles. The quantitative estimate of drug-likeness (QED) is 0.750. The van der Waals surface area contributed by atoms with Crippen molar-refractivity contribution in [2.24, 2.45) is 0 Å². The molecule has 1 amide bonds. The van der Waals surface area contributed by atoms with Crippen molar-refractivity contribution < 1.29 is 24.1 Å². The molecule has 0 aromatic heterocycles. The van der Waals surface area contributed by atoms with Gasteiger partial charge >= 0.3 is 0 Å². The first-order chi connectivity index (χ1) is 12.1. The number of anilines is 1. The second kappa shape index (κ2) is 9.15. The minimum absolute atomic E-state index is 0.169. The van der Waals surface area contributed by atoms with Gasteiger partial charge in [0.15, 0.2) is 18.1 Å². The van der Waals surface area contributed by atoms with Gasteiger partial charge in [0.1, 0.15) is 5.75 Å². The Morgan fingerprint density at radius 3 is 2.52 bits per heavy atom. The minimum Gasteiger partial charge on any atom is -0.497 e. The van der Waals surface area contributed by atoms with Crippen molar-refractivity contribution in [3.05, 3.63) is 47.0 Å². The zero-order chi connectivity index (χ0) is 18.2. The van der Waals surface area contributed by atoms with E-state index >= 15 is 0 Å². The van der Waals surface area contributed by atoms with Crippen LogP contribution in [-0.4, -0.2) is 31.3 Å². The molecule has 0 heterocycles. The van der Waals surface area contributed by atoms with Gasteiger partial charge in [0.05, 0.1) is 25.3 Å². The molecule has 134 valence electrons. The van der Waals surface area contributed by atoms with Crippen molar-refractivity contribution in [1.82, 2.24) is 0 Å². The van der Waals surface area contributed by atoms with E-state index in [0.717, 1.165) is 0 Å². The van der Waals surface area contributed by atoms with E-state index in [1.165, 1.54) is 0 Å². The highest BCUT2D eigenvalue weighted by atomic mass is 35.5. The second-order valence-electron chi connectivity index (χ2n) is 5.06. The lowest BCUT2D eigenvalue weighted by atomic mass is 10.2. The fourth-order valence-corrected chi connectivity index (χ4v) is 2.41. The normalized spacial score (nSPS) is 10.2. The molecule has 0 unspecified atom stereocenters. The van der Waals surface area contributed by atoms with Gasteiger partial charge < -0.3 is 24.6 Å². The molecule has 7 heteroatoms. The number of halogens is 1. The van der Waals surface area contributed by atoms with Gasteiger partial charge in [-0.05, 0) is 48.9 Å². The van der Waals surface area contributed by atoms with Crippen LogP contribution in [0.1, 0.15) is 12.5 Å². The van der Waals surface area contributed by atoms with Crippen LogP contribution >= 0.6 is 11.6 Å². The number of carbonyl (C=O) groups excluding carboxylic acids is 1. The lowest BCUT2D eigenvalue weighted by molar-refractivity contribution is -0.118. The first-order valence-corrected chi connectivity index (χ1v) is 8.08. The molecule has 2 aromatic carbocycles. The molecular formula is C18H20ClNO5. The fourth-order valence-electron chi connectivity index (χ4n) is 2.12. The molecule has 0 fully saturated rings. The maximum Gasteiger partial charge on any atom is 0.262 e. The van der Waals surface area contributed by atoms with Gasteiger partial charge in [-0.15, -0.1) is 0 Å². The largest absolute Gasteiger partial charge is 0.497 e. The molecule has 2 aromatic rings. The van der Waals surface area contributed by atoms with Crippen LogP contribution in [0.15, 0.2) is 36.4 Å². The average molecular weight is 366 g/mol. The van der Waals surface area contributed by atoms with E-state index < -0.39 is 0 Å². The predicted molar refractivity (Wildman–Crippen MR) is 95.7 cm³/mol. The number of hydrogen-bond donors (Lipinski definition) is 2. The van der Waals surface area contributed by atoms with Gasteiger partial charge in [0.25, 0.3) is 5.91 Å². The first kappa shape index (κ1) is 18.9. The Morgan fingerprint density at radius 1 is 1.20 bits per heavy atom. The number of rotatable bonds is 8. The van der Waals surface area contributed by atoms with Crippen molar-refractivity contribution in [2.45, 2.75) is 13.5 Å². The SMILES string of the molecule is CCOc1cc(CO)cc(Cl)c1OCC(=O)Nc1ccc(OC)cc1. The number of amides is 1. The summed E-state index contributed by atoms with van der Waals surface area (Å²) < 4.78 is 16.1. The number of nitrogens with one attached hydrogen (secondary N) is 1. The number of aliphatic hydroxyl groups is 1. The van der Waals surface area contributed by atoms with Crippen LogP contribution in [0.3, 0.4) is 0 Å². The Bertz CT molecular complexity index is 718. The molecule has 0 atom stereocenters. The highest BCUT2D eigenvalue weighted by Crippen LogP contribution is 2.36. The first-order valence-electron chi connectivity index (χ1n) is 7.70. The highest BCUT2D eigenvalue weighted by molar-refractivity contribution is 6.32. The van der Waals surface area contributed by atoms with Crippen molar-refractivity contribution in [3.8, 4) is 17.2 Å². The smallest absolute Gasteiger partial charge is 0.262 e. The molecule has 2 rings (SSSR count). The molecule has 0 aliphatic heterocycles. The molecule has 0 spiro atoms. The monoisotopic (exact) mass is 365 g/mol. The summed E-state index contributed by atoms with van der Waals surface area (Å²) in [4.78, 5) is 12.1. The Morgan fingerprint density at radius 2 is 1.92 bits per heavy atom. The van der Waals surface area contributed by atoms with Gasteiger partial charge in [-0.25, -0.2) is 0 Å². The van der Waals surface area contributed by atoms with Gasteiger partial charge in [0.2, 0.25) is 0 Å². The number of carbonyl (C=O) groups is 1. The summed E-state index contributed by atoms with van der Waals surface area (Å²) in [5, 5.41) is 12.2. The van der Waals surface area contributed by atoms with Crippen molar-refractivity contribution in [1.29, 1.82) is 0 Å². The van der Waals surface area contributed by atoms with Crippen LogP contribution in [0.2, 0.25) is 5.02 Å². The Kier molecular flexibility index (Phi) is 6.91. The third-order valence-corrected chi connectivity index (χ3v) is 3.55. The van der Waals surface area contributed by atoms with Gasteiger partial charge in [-0.2, -0.15) is 0 Å². The Hall–Kier alpha value is -2.44. The molecule has 2 N–H and O–H groups in total. The third-order valence-electron chi connectivity index (χ3n) is 3.27. The van der Waals surface area contributed by atoms with Crippen molar-refractivity contribution in [2.75, 3.05) is 25.6 Å². The number of benzene rings is 2. The van der Waals surface area contributed by atoms with E-state index in [9.17, 15) is 9.90 Å². The molecule has 0 aliphatic carbocycles. The zero-order valence-corrected chi connectivity index (χ0v) is 14.8. The minimum atomic E-state index is -0.338. The molecule has 0 bridgehead atoms. The molecule has 0 saturated carbocycles. The molecule has 25 heavy (non-hydrogen) atoms. The summed E-state index contributed by atoms with van der Waals surface area (Å²) >= 11 is 6.16. The van der Waals surface area contributed by atoms with Gasteiger partial charge in [0, 0.05) is 5.69 Å². The molecule has 0 aliphatic rings. The van der Waals surface area contributed by atoms with E-state index in [1.54, 1.807) is 43.5 Å². The van der Waals surface area contributed by atoms with E-state index in [0.29, 0.717) is 29.4 Å². The number of ether oxygens (including phenoxy) is 3. The number of aliphatic hydroxyl groups excluding tert-OH is 1. The molecule has 6 nitrogen and oxygen atoms in total. The van der Waals surface area contributed by atoms with Crippen LogP contribution in [-0.2, 0) is 11.4 Å². The summed E-state index contributed by atoms with van der Waals surface area (Å²) in [5.74, 6) is 1.02. The molecular weight excluding hydrogens is 346 g/mol. The maximum atomic E-state index is 12.1. The fraction of sp³-hybridized carbons (Fsp3) is 0.278. The zero-order valence-electron chi connectivity index (χ0n) is 14.0. The Labute approximate surface area is 151 Å². The third kappa shape index (κ3) is 5.27. The van der Waals surface area contributed by atoms with E-state index in [2.05, 4.69) is 5.32 Å². The summed E-state index contributed by atoms with van der Waals surface area (Å²) in [5.41, 5.74) is 1.23.